The first-order valence-corrected chi connectivity index (χ1v) is 7.85. The van der Waals surface area contributed by atoms with Crippen LogP contribution < -0.4 is 10.9 Å². The van der Waals surface area contributed by atoms with Gasteiger partial charge in [0.15, 0.2) is 4.96 Å². The van der Waals surface area contributed by atoms with Crippen molar-refractivity contribution in [3.05, 3.63) is 33.7 Å². The quantitative estimate of drug-likeness (QED) is 0.868. The Morgan fingerprint density at radius 2 is 2.29 bits per heavy atom. The molecule has 0 radical (unpaired) electrons. The molecule has 2 aromatic heterocycles. The van der Waals surface area contributed by atoms with Crippen LogP contribution in [0.3, 0.4) is 0 Å². The van der Waals surface area contributed by atoms with E-state index in [0.29, 0.717) is 23.7 Å². The fourth-order valence-electron chi connectivity index (χ4n) is 2.05. The zero-order valence-corrected chi connectivity index (χ0v) is 13.3. The molecule has 7 heteroatoms. The number of aromatic nitrogens is 2. The van der Waals surface area contributed by atoms with Crippen molar-refractivity contribution in [2.45, 2.75) is 33.4 Å². The summed E-state index contributed by atoms with van der Waals surface area (Å²) in [6.45, 7) is 7.37. The molecular formula is C14H20N4O2S. The Morgan fingerprint density at radius 1 is 1.52 bits per heavy atom. The van der Waals surface area contributed by atoms with Crippen molar-refractivity contribution < 1.29 is 4.79 Å². The number of likely N-dealkylation sites (N-methyl/N-ethyl adjacent to an activating group) is 1. The summed E-state index contributed by atoms with van der Waals surface area (Å²) < 4.78 is 1.52. The van der Waals surface area contributed by atoms with Crippen molar-refractivity contribution in [1.82, 2.24) is 19.6 Å². The van der Waals surface area contributed by atoms with Crippen LogP contribution in [0.5, 0.6) is 0 Å². The number of amides is 1. The molecular weight excluding hydrogens is 288 g/mol. The average molecular weight is 308 g/mol. The fourth-order valence-corrected chi connectivity index (χ4v) is 2.79. The van der Waals surface area contributed by atoms with Gasteiger partial charge < -0.3 is 5.32 Å². The summed E-state index contributed by atoms with van der Waals surface area (Å²) >= 11 is 1.43. The van der Waals surface area contributed by atoms with Gasteiger partial charge in [-0.15, -0.1) is 11.3 Å². The van der Waals surface area contributed by atoms with E-state index >= 15 is 0 Å². The number of hydrogen-bond donors (Lipinski definition) is 1. The number of nitrogens with one attached hydrogen (secondary N) is 1. The van der Waals surface area contributed by atoms with Crippen LogP contribution in [0.2, 0.25) is 0 Å². The van der Waals surface area contributed by atoms with E-state index in [4.69, 9.17) is 0 Å². The van der Waals surface area contributed by atoms with Crippen LogP contribution in [0.25, 0.3) is 4.96 Å². The molecule has 0 aliphatic rings. The molecule has 0 spiro atoms. The highest BCUT2D eigenvalue weighted by Gasteiger charge is 2.12. The zero-order valence-electron chi connectivity index (χ0n) is 12.5. The van der Waals surface area contributed by atoms with Crippen molar-refractivity contribution >= 4 is 22.2 Å². The maximum Gasteiger partial charge on any atom is 0.258 e. The van der Waals surface area contributed by atoms with Gasteiger partial charge in [0.2, 0.25) is 5.91 Å². The van der Waals surface area contributed by atoms with Gasteiger partial charge in [0.1, 0.15) is 0 Å². The first-order chi connectivity index (χ1) is 9.99. The van der Waals surface area contributed by atoms with Gasteiger partial charge in [-0.25, -0.2) is 4.98 Å². The highest BCUT2D eigenvalue weighted by molar-refractivity contribution is 7.15. The SMILES string of the molecule is CCN(CC(=O)NC(C)C)Cc1cc(=O)n2ccsc2n1. The molecule has 6 nitrogen and oxygen atoms in total. The largest absolute Gasteiger partial charge is 0.353 e. The van der Waals surface area contributed by atoms with E-state index in [2.05, 4.69) is 10.3 Å². The molecule has 0 bridgehead atoms. The van der Waals surface area contributed by atoms with Gasteiger partial charge in [0.25, 0.3) is 5.56 Å². The van der Waals surface area contributed by atoms with Crippen LogP contribution >= 0.6 is 11.3 Å². The monoisotopic (exact) mass is 308 g/mol. The lowest BCUT2D eigenvalue weighted by Gasteiger charge is -2.20. The van der Waals surface area contributed by atoms with Crippen molar-refractivity contribution in [2.24, 2.45) is 0 Å². The molecule has 21 heavy (non-hydrogen) atoms. The van der Waals surface area contributed by atoms with E-state index in [0.717, 1.165) is 6.54 Å². The normalized spacial score (nSPS) is 11.5. The number of carbonyl (C=O) groups is 1. The molecule has 0 aliphatic heterocycles. The maximum atomic E-state index is 11.9. The molecule has 1 amide bonds. The summed E-state index contributed by atoms with van der Waals surface area (Å²) in [4.78, 5) is 30.8. The summed E-state index contributed by atoms with van der Waals surface area (Å²) in [5.74, 6) is -0.0132. The Morgan fingerprint density at radius 3 is 2.95 bits per heavy atom. The Balaban J connectivity index is 2.09. The van der Waals surface area contributed by atoms with Crippen LogP contribution in [0.15, 0.2) is 22.4 Å². The van der Waals surface area contributed by atoms with E-state index in [9.17, 15) is 9.59 Å². The third kappa shape index (κ3) is 4.12. The lowest BCUT2D eigenvalue weighted by atomic mass is 10.3. The lowest BCUT2D eigenvalue weighted by molar-refractivity contribution is -0.122. The predicted molar refractivity (Wildman–Crippen MR) is 83.6 cm³/mol. The van der Waals surface area contributed by atoms with Gasteiger partial charge in [0.05, 0.1) is 12.2 Å². The van der Waals surface area contributed by atoms with Crippen LogP contribution in [0.4, 0.5) is 0 Å². The van der Waals surface area contributed by atoms with Crippen LogP contribution in [0, 0.1) is 0 Å². The molecule has 1 N–H and O–H groups in total. The molecule has 0 fully saturated rings. The summed E-state index contributed by atoms with van der Waals surface area (Å²) in [6, 6.07) is 1.66. The first kappa shape index (κ1) is 15.7. The molecule has 114 valence electrons. The summed E-state index contributed by atoms with van der Waals surface area (Å²) in [5, 5.41) is 4.70. The van der Waals surface area contributed by atoms with Crippen molar-refractivity contribution in [3.63, 3.8) is 0 Å². The average Bonchev–Trinajstić information content (AvgIpc) is 2.85. The van der Waals surface area contributed by atoms with E-state index in [1.807, 2.05) is 31.1 Å². The number of nitrogens with zero attached hydrogens (tertiary/aromatic N) is 3. The van der Waals surface area contributed by atoms with Gasteiger partial charge >= 0.3 is 0 Å². The summed E-state index contributed by atoms with van der Waals surface area (Å²) in [7, 11) is 0. The predicted octanol–water partition coefficient (Wildman–Crippen LogP) is 1.10. The Labute approximate surface area is 127 Å². The molecule has 0 atom stereocenters. The summed E-state index contributed by atoms with van der Waals surface area (Å²) in [6.07, 6.45) is 1.72. The fraction of sp³-hybridized carbons (Fsp3) is 0.500. The van der Waals surface area contributed by atoms with Crippen molar-refractivity contribution in [3.8, 4) is 0 Å². The third-order valence-corrected chi connectivity index (χ3v) is 3.76. The highest BCUT2D eigenvalue weighted by Crippen LogP contribution is 2.08. The second-order valence-corrected chi connectivity index (χ2v) is 6.04. The minimum Gasteiger partial charge on any atom is -0.353 e. The lowest BCUT2D eigenvalue weighted by Crippen LogP contribution is -2.40. The molecule has 0 saturated carbocycles. The van der Waals surface area contributed by atoms with E-state index < -0.39 is 0 Å². The van der Waals surface area contributed by atoms with E-state index in [-0.39, 0.29) is 17.5 Å². The van der Waals surface area contributed by atoms with Gasteiger partial charge in [-0.05, 0) is 20.4 Å². The molecule has 0 aliphatic carbocycles. The van der Waals surface area contributed by atoms with E-state index in [1.165, 1.54) is 21.8 Å². The van der Waals surface area contributed by atoms with E-state index in [1.54, 1.807) is 6.20 Å². The molecule has 2 aromatic rings. The summed E-state index contributed by atoms with van der Waals surface area (Å²) in [5.41, 5.74) is 0.612. The van der Waals surface area contributed by atoms with Crippen LogP contribution in [0.1, 0.15) is 26.5 Å². The number of fused-ring (bicyclic) bond motifs is 1. The number of carbonyl (C=O) groups excluding carboxylic acids is 1. The first-order valence-electron chi connectivity index (χ1n) is 6.97. The minimum absolute atomic E-state index is 0.0132. The third-order valence-electron chi connectivity index (χ3n) is 3.01. The Kier molecular flexibility index (Phi) is 5.08. The molecule has 2 heterocycles. The van der Waals surface area contributed by atoms with Gasteiger partial charge in [-0.2, -0.15) is 0 Å². The molecule has 2 rings (SSSR count). The number of rotatable bonds is 6. The smallest absolute Gasteiger partial charge is 0.258 e. The Bertz CT molecular complexity index is 677. The van der Waals surface area contributed by atoms with Crippen molar-refractivity contribution in [2.75, 3.05) is 13.1 Å². The van der Waals surface area contributed by atoms with Gasteiger partial charge in [0, 0.05) is 30.2 Å². The van der Waals surface area contributed by atoms with Gasteiger partial charge in [-0.1, -0.05) is 6.92 Å². The number of thiazole rings is 1. The zero-order chi connectivity index (χ0) is 15.4. The molecule has 0 saturated heterocycles. The second-order valence-electron chi connectivity index (χ2n) is 5.17. The van der Waals surface area contributed by atoms with Crippen LogP contribution in [-0.2, 0) is 11.3 Å². The number of hydrogen-bond acceptors (Lipinski definition) is 5. The minimum atomic E-state index is -0.0843. The topological polar surface area (TPSA) is 66.7 Å². The molecule has 0 unspecified atom stereocenters. The Hall–Kier alpha value is -1.73. The second kappa shape index (κ2) is 6.82. The maximum absolute atomic E-state index is 11.9. The highest BCUT2D eigenvalue weighted by atomic mass is 32.1. The van der Waals surface area contributed by atoms with Crippen molar-refractivity contribution in [1.29, 1.82) is 0 Å². The van der Waals surface area contributed by atoms with Gasteiger partial charge in [-0.3, -0.25) is 18.9 Å². The standard InChI is InChI=1S/C14H20N4O2S/c1-4-17(9-12(19)15-10(2)3)8-11-7-13(20)18-5-6-21-14(18)16-11/h5-7,10H,4,8-9H2,1-3H3,(H,15,19). The van der Waals surface area contributed by atoms with Crippen LogP contribution in [-0.4, -0.2) is 39.3 Å². The molecule has 0 aromatic carbocycles.